The maximum Gasteiger partial charge on any atom is 0.179 e. The molecule has 5 heteroatoms. The summed E-state index contributed by atoms with van der Waals surface area (Å²) in [5, 5.41) is 9.37. The zero-order valence-corrected chi connectivity index (χ0v) is 15.5. The van der Waals surface area contributed by atoms with Crippen molar-refractivity contribution in [2.75, 3.05) is 19.8 Å². The van der Waals surface area contributed by atoms with Crippen LogP contribution in [0.2, 0.25) is 5.02 Å². The highest BCUT2D eigenvalue weighted by Gasteiger charge is 2.12. The predicted molar refractivity (Wildman–Crippen MR) is 98.9 cm³/mol. The van der Waals surface area contributed by atoms with Crippen molar-refractivity contribution in [3.05, 3.63) is 52.5 Å². The van der Waals surface area contributed by atoms with Gasteiger partial charge in [0, 0.05) is 6.07 Å². The zero-order chi connectivity index (χ0) is 18.2. The van der Waals surface area contributed by atoms with E-state index in [1.165, 1.54) is 5.56 Å². The van der Waals surface area contributed by atoms with E-state index >= 15 is 0 Å². The first-order valence-corrected chi connectivity index (χ1v) is 8.65. The molecule has 0 aliphatic heterocycles. The van der Waals surface area contributed by atoms with Gasteiger partial charge in [0.15, 0.2) is 11.5 Å². The van der Waals surface area contributed by atoms with E-state index in [9.17, 15) is 0 Å². The van der Waals surface area contributed by atoms with Crippen LogP contribution in [-0.2, 0) is 0 Å². The second-order valence-corrected chi connectivity index (χ2v) is 6.16. The summed E-state index contributed by atoms with van der Waals surface area (Å²) in [7, 11) is 0. The number of hydrogen-bond acceptors (Lipinski definition) is 4. The molecular formula is C20H22ClNO3. The van der Waals surface area contributed by atoms with Gasteiger partial charge in [-0.2, -0.15) is 5.26 Å². The minimum Gasteiger partial charge on any atom is -0.490 e. The topological polar surface area (TPSA) is 51.5 Å². The first kappa shape index (κ1) is 19.0. The minimum atomic E-state index is 0.317. The molecule has 0 fully saturated rings. The molecule has 0 saturated carbocycles. The van der Waals surface area contributed by atoms with Gasteiger partial charge in [0.25, 0.3) is 0 Å². The van der Waals surface area contributed by atoms with Crippen LogP contribution in [0.1, 0.15) is 37.8 Å². The lowest BCUT2D eigenvalue weighted by Crippen LogP contribution is -2.10. The normalized spacial score (nSPS) is 10.4. The van der Waals surface area contributed by atoms with E-state index in [1.54, 1.807) is 12.1 Å². The fraction of sp³-hybridized carbons (Fsp3) is 0.350. The van der Waals surface area contributed by atoms with Crippen LogP contribution in [0.5, 0.6) is 17.2 Å². The molecule has 25 heavy (non-hydrogen) atoms. The lowest BCUT2D eigenvalue weighted by atomic mass is 10.0. The molecule has 0 aromatic heterocycles. The number of nitriles is 1. The Kier molecular flexibility index (Phi) is 6.97. The predicted octanol–water partition coefficient (Wildman–Crippen LogP) is 5.19. The highest BCUT2D eigenvalue weighted by Crippen LogP contribution is 2.36. The molecule has 2 aromatic rings. The average Bonchev–Trinajstić information content (AvgIpc) is 2.60. The van der Waals surface area contributed by atoms with Gasteiger partial charge in [0.1, 0.15) is 19.0 Å². The van der Waals surface area contributed by atoms with E-state index in [0.717, 1.165) is 5.75 Å². The number of nitrogens with zero attached hydrogens (tertiary/aromatic N) is 1. The van der Waals surface area contributed by atoms with E-state index < -0.39 is 0 Å². The van der Waals surface area contributed by atoms with Gasteiger partial charge in [-0.3, -0.25) is 0 Å². The first-order valence-electron chi connectivity index (χ1n) is 8.27. The Hall–Kier alpha value is -2.38. The Morgan fingerprint density at radius 1 is 1.04 bits per heavy atom. The monoisotopic (exact) mass is 359 g/mol. The number of rotatable bonds is 8. The van der Waals surface area contributed by atoms with Crippen molar-refractivity contribution >= 4 is 11.6 Å². The Morgan fingerprint density at radius 3 is 2.32 bits per heavy atom. The lowest BCUT2D eigenvalue weighted by Gasteiger charge is -2.14. The lowest BCUT2D eigenvalue weighted by molar-refractivity contribution is 0.208. The summed E-state index contributed by atoms with van der Waals surface area (Å²) in [6.45, 7) is 7.32. The Labute approximate surface area is 153 Å². The van der Waals surface area contributed by atoms with E-state index in [0.29, 0.717) is 47.8 Å². The highest BCUT2D eigenvalue weighted by atomic mass is 35.5. The molecule has 0 spiro atoms. The third-order valence-corrected chi connectivity index (χ3v) is 3.86. The van der Waals surface area contributed by atoms with Gasteiger partial charge < -0.3 is 14.2 Å². The standard InChI is InChI=1S/C20H22ClNO3/c1-4-23-19-12-15(13-22)11-18(21)20(19)25-10-9-24-17-7-5-16(6-8-17)14(2)3/h5-8,11-12,14H,4,9-10H2,1-3H3. The van der Waals surface area contributed by atoms with Gasteiger partial charge in [-0.1, -0.05) is 37.6 Å². The average molecular weight is 360 g/mol. The van der Waals surface area contributed by atoms with Gasteiger partial charge in [0.05, 0.1) is 23.3 Å². The molecule has 2 aromatic carbocycles. The maximum absolute atomic E-state index is 9.01. The van der Waals surface area contributed by atoms with Crippen LogP contribution in [0, 0.1) is 11.3 Å². The van der Waals surface area contributed by atoms with E-state index in [2.05, 4.69) is 32.0 Å². The van der Waals surface area contributed by atoms with Crippen LogP contribution in [0.4, 0.5) is 0 Å². The number of ether oxygens (including phenoxy) is 3. The van der Waals surface area contributed by atoms with Crippen molar-refractivity contribution in [1.29, 1.82) is 5.26 Å². The third kappa shape index (κ3) is 5.30. The molecule has 0 amide bonds. The quantitative estimate of drug-likeness (QED) is 0.608. The number of halogens is 1. The summed E-state index contributed by atoms with van der Waals surface area (Å²) < 4.78 is 16.9. The van der Waals surface area contributed by atoms with Crippen LogP contribution < -0.4 is 14.2 Å². The maximum atomic E-state index is 9.01. The third-order valence-electron chi connectivity index (χ3n) is 3.58. The Bertz CT molecular complexity index is 736. The molecule has 4 nitrogen and oxygen atoms in total. The summed E-state index contributed by atoms with van der Waals surface area (Å²) in [6, 6.07) is 13.3. The molecule has 0 atom stereocenters. The molecule has 0 aliphatic carbocycles. The van der Waals surface area contributed by atoms with Crippen LogP contribution in [-0.4, -0.2) is 19.8 Å². The van der Waals surface area contributed by atoms with Crippen molar-refractivity contribution in [2.45, 2.75) is 26.7 Å². The summed E-state index contributed by atoms with van der Waals surface area (Å²) >= 11 is 6.20. The zero-order valence-electron chi connectivity index (χ0n) is 14.7. The van der Waals surface area contributed by atoms with Gasteiger partial charge in [-0.05, 0) is 36.6 Å². The van der Waals surface area contributed by atoms with Crippen molar-refractivity contribution in [3.63, 3.8) is 0 Å². The molecule has 0 N–H and O–H groups in total. The van der Waals surface area contributed by atoms with Crippen molar-refractivity contribution in [1.82, 2.24) is 0 Å². The van der Waals surface area contributed by atoms with Gasteiger partial charge >= 0.3 is 0 Å². The molecule has 2 rings (SSSR count). The van der Waals surface area contributed by atoms with Crippen LogP contribution in [0.25, 0.3) is 0 Å². The molecule has 0 aliphatic rings. The van der Waals surface area contributed by atoms with Gasteiger partial charge in [0.2, 0.25) is 0 Å². The highest BCUT2D eigenvalue weighted by molar-refractivity contribution is 6.32. The first-order chi connectivity index (χ1) is 12.0. The fourth-order valence-corrected chi connectivity index (χ4v) is 2.55. The Morgan fingerprint density at radius 2 is 1.72 bits per heavy atom. The molecule has 0 heterocycles. The van der Waals surface area contributed by atoms with E-state index in [1.807, 2.05) is 19.1 Å². The van der Waals surface area contributed by atoms with Crippen LogP contribution >= 0.6 is 11.6 Å². The minimum absolute atomic E-state index is 0.317. The number of benzene rings is 2. The molecular weight excluding hydrogens is 338 g/mol. The van der Waals surface area contributed by atoms with Crippen LogP contribution in [0.3, 0.4) is 0 Å². The largest absolute Gasteiger partial charge is 0.490 e. The van der Waals surface area contributed by atoms with E-state index in [-0.39, 0.29) is 0 Å². The molecule has 0 unspecified atom stereocenters. The molecule has 0 saturated heterocycles. The van der Waals surface area contributed by atoms with Gasteiger partial charge in [-0.15, -0.1) is 0 Å². The second kappa shape index (κ2) is 9.19. The second-order valence-electron chi connectivity index (χ2n) is 5.75. The van der Waals surface area contributed by atoms with Crippen molar-refractivity contribution in [2.24, 2.45) is 0 Å². The van der Waals surface area contributed by atoms with Gasteiger partial charge in [-0.25, -0.2) is 0 Å². The summed E-state index contributed by atoms with van der Waals surface area (Å²) in [6.07, 6.45) is 0. The van der Waals surface area contributed by atoms with Crippen molar-refractivity contribution in [3.8, 4) is 23.3 Å². The van der Waals surface area contributed by atoms with Crippen molar-refractivity contribution < 1.29 is 14.2 Å². The smallest absolute Gasteiger partial charge is 0.179 e. The molecule has 132 valence electrons. The molecule has 0 bridgehead atoms. The number of hydrogen-bond donors (Lipinski definition) is 0. The van der Waals surface area contributed by atoms with E-state index in [4.69, 9.17) is 31.1 Å². The van der Waals surface area contributed by atoms with Crippen LogP contribution in [0.15, 0.2) is 36.4 Å². The summed E-state index contributed by atoms with van der Waals surface area (Å²) in [4.78, 5) is 0. The summed E-state index contributed by atoms with van der Waals surface area (Å²) in [5.41, 5.74) is 1.71. The SMILES string of the molecule is CCOc1cc(C#N)cc(Cl)c1OCCOc1ccc(C(C)C)cc1. The summed E-state index contributed by atoms with van der Waals surface area (Å²) in [5.74, 6) is 2.19. The molecule has 0 radical (unpaired) electrons. The fourth-order valence-electron chi connectivity index (χ4n) is 2.29. The Balaban J connectivity index is 1.94.